The highest BCUT2D eigenvalue weighted by molar-refractivity contribution is 5.55. The standard InChI is InChI=1S/C13H19N3O/c1-10-4-5-11(7-14)6-13(10)15-8-12(17)9-16(2)3/h4-6,12,15,17H,8-9H2,1-3H3. The van der Waals surface area contributed by atoms with Gasteiger partial charge in [-0.1, -0.05) is 6.07 Å². The number of nitriles is 1. The Morgan fingerprint density at radius 1 is 1.47 bits per heavy atom. The number of anilines is 1. The lowest BCUT2D eigenvalue weighted by Crippen LogP contribution is -2.31. The Kier molecular flexibility index (Phi) is 4.95. The van der Waals surface area contributed by atoms with Crippen molar-refractivity contribution in [2.24, 2.45) is 0 Å². The minimum absolute atomic E-state index is 0.421. The Labute approximate surface area is 102 Å². The number of nitrogens with zero attached hydrogens (tertiary/aromatic N) is 2. The van der Waals surface area contributed by atoms with Gasteiger partial charge in [0.2, 0.25) is 0 Å². The van der Waals surface area contributed by atoms with Gasteiger partial charge >= 0.3 is 0 Å². The fraction of sp³-hybridized carbons (Fsp3) is 0.462. The zero-order valence-electron chi connectivity index (χ0n) is 10.6. The van der Waals surface area contributed by atoms with Gasteiger partial charge in [-0.2, -0.15) is 5.26 Å². The predicted molar refractivity (Wildman–Crippen MR) is 68.9 cm³/mol. The summed E-state index contributed by atoms with van der Waals surface area (Å²) < 4.78 is 0. The maximum Gasteiger partial charge on any atom is 0.0992 e. The smallest absolute Gasteiger partial charge is 0.0992 e. The van der Waals surface area contributed by atoms with E-state index in [1.165, 1.54) is 0 Å². The number of rotatable bonds is 5. The van der Waals surface area contributed by atoms with Gasteiger partial charge in [-0.05, 0) is 38.7 Å². The van der Waals surface area contributed by atoms with Crippen LogP contribution in [0.15, 0.2) is 18.2 Å². The summed E-state index contributed by atoms with van der Waals surface area (Å²) in [4.78, 5) is 1.94. The average molecular weight is 233 g/mol. The van der Waals surface area contributed by atoms with Crippen molar-refractivity contribution in [2.45, 2.75) is 13.0 Å². The molecule has 1 unspecified atom stereocenters. The van der Waals surface area contributed by atoms with Crippen LogP contribution in [0.2, 0.25) is 0 Å². The zero-order valence-corrected chi connectivity index (χ0v) is 10.6. The van der Waals surface area contributed by atoms with Gasteiger partial charge < -0.3 is 15.3 Å². The van der Waals surface area contributed by atoms with E-state index >= 15 is 0 Å². The normalized spacial score (nSPS) is 12.2. The molecule has 4 nitrogen and oxygen atoms in total. The third-order valence-electron chi connectivity index (χ3n) is 2.47. The van der Waals surface area contributed by atoms with Gasteiger partial charge in [0.25, 0.3) is 0 Å². The van der Waals surface area contributed by atoms with Crippen molar-refractivity contribution < 1.29 is 5.11 Å². The Hall–Kier alpha value is -1.57. The van der Waals surface area contributed by atoms with E-state index in [9.17, 15) is 5.11 Å². The summed E-state index contributed by atoms with van der Waals surface area (Å²) in [6.45, 7) is 3.07. The molecule has 0 fully saturated rings. The molecule has 4 heteroatoms. The van der Waals surface area contributed by atoms with Gasteiger partial charge in [-0.3, -0.25) is 0 Å². The van der Waals surface area contributed by atoms with Crippen LogP contribution in [0.5, 0.6) is 0 Å². The minimum Gasteiger partial charge on any atom is -0.390 e. The van der Waals surface area contributed by atoms with Gasteiger partial charge in [-0.25, -0.2) is 0 Å². The largest absolute Gasteiger partial charge is 0.390 e. The highest BCUT2D eigenvalue weighted by atomic mass is 16.3. The van der Waals surface area contributed by atoms with Crippen molar-refractivity contribution in [3.05, 3.63) is 29.3 Å². The fourth-order valence-electron chi connectivity index (χ4n) is 1.60. The first-order valence-electron chi connectivity index (χ1n) is 5.60. The number of aliphatic hydroxyl groups excluding tert-OH is 1. The van der Waals surface area contributed by atoms with Gasteiger partial charge in [0.15, 0.2) is 0 Å². The second-order valence-corrected chi connectivity index (χ2v) is 4.44. The molecule has 0 spiro atoms. The van der Waals surface area contributed by atoms with E-state index in [4.69, 9.17) is 5.26 Å². The second kappa shape index (κ2) is 6.24. The molecule has 17 heavy (non-hydrogen) atoms. The molecule has 0 aromatic heterocycles. The average Bonchev–Trinajstić information content (AvgIpc) is 2.27. The van der Waals surface area contributed by atoms with Crippen molar-refractivity contribution >= 4 is 5.69 Å². The number of nitrogens with one attached hydrogen (secondary N) is 1. The topological polar surface area (TPSA) is 59.3 Å². The molecule has 1 rings (SSSR count). The molecule has 0 aliphatic carbocycles. The molecule has 1 aromatic rings. The van der Waals surface area contributed by atoms with Crippen LogP contribution in [0.25, 0.3) is 0 Å². The lowest BCUT2D eigenvalue weighted by atomic mass is 10.1. The summed E-state index contributed by atoms with van der Waals surface area (Å²) in [5.74, 6) is 0. The lowest BCUT2D eigenvalue weighted by molar-refractivity contribution is 0.148. The fourth-order valence-corrected chi connectivity index (χ4v) is 1.60. The van der Waals surface area contributed by atoms with E-state index in [0.717, 1.165) is 11.3 Å². The van der Waals surface area contributed by atoms with E-state index in [1.807, 2.05) is 32.0 Å². The quantitative estimate of drug-likeness (QED) is 0.802. The highest BCUT2D eigenvalue weighted by Crippen LogP contribution is 2.16. The Morgan fingerprint density at radius 2 is 2.18 bits per heavy atom. The SMILES string of the molecule is Cc1ccc(C#N)cc1NCC(O)CN(C)C. The van der Waals surface area contributed by atoms with E-state index in [-0.39, 0.29) is 0 Å². The molecule has 0 heterocycles. The lowest BCUT2D eigenvalue weighted by Gasteiger charge is -2.18. The molecule has 2 N–H and O–H groups in total. The Bertz CT molecular complexity index is 410. The van der Waals surface area contributed by atoms with E-state index in [2.05, 4.69) is 11.4 Å². The number of aryl methyl sites for hydroxylation is 1. The molecule has 0 aliphatic rings. The van der Waals surface area contributed by atoms with Crippen molar-refractivity contribution in [2.75, 3.05) is 32.5 Å². The Balaban J connectivity index is 2.60. The van der Waals surface area contributed by atoms with E-state index in [0.29, 0.717) is 18.7 Å². The molecule has 1 atom stereocenters. The number of benzene rings is 1. The van der Waals surface area contributed by atoms with Crippen LogP contribution < -0.4 is 5.32 Å². The van der Waals surface area contributed by atoms with Gasteiger partial charge in [-0.15, -0.1) is 0 Å². The minimum atomic E-state index is -0.421. The van der Waals surface area contributed by atoms with Crippen LogP contribution >= 0.6 is 0 Å². The number of hydrogen-bond donors (Lipinski definition) is 2. The molecule has 0 saturated carbocycles. The van der Waals surface area contributed by atoms with Gasteiger partial charge in [0.1, 0.15) is 0 Å². The van der Waals surface area contributed by atoms with Gasteiger partial charge in [0, 0.05) is 18.8 Å². The first kappa shape index (κ1) is 13.5. The van der Waals surface area contributed by atoms with Crippen molar-refractivity contribution in [1.29, 1.82) is 5.26 Å². The van der Waals surface area contributed by atoms with Crippen LogP contribution in [-0.2, 0) is 0 Å². The van der Waals surface area contributed by atoms with Crippen molar-refractivity contribution in [1.82, 2.24) is 4.90 Å². The summed E-state index contributed by atoms with van der Waals surface area (Å²) in [7, 11) is 3.84. The molecular weight excluding hydrogens is 214 g/mol. The Morgan fingerprint density at radius 3 is 2.76 bits per heavy atom. The first-order chi connectivity index (χ1) is 8.02. The van der Waals surface area contributed by atoms with Crippen LogP contribution in [-0.4, -0.2) is 43.3 Å². The molecule has 0 saturated heterocycles. The molecule has 92 valence electrons. The summed E-state index contributed by atoms with van der Waals surface area (Å²) in [6.07, 6.45) is -0.421. The predicted octanol–water partition coefficient (Wildman–Crippen LogP) is 1.20. The first-order valence-corrected chi connectivity index (χ1v) is 5.60. The summed E-state index contributed by atoms with van der Waals surface area (Å²) in [5.41, 5.74) is 2.60. The van der Waals surface area contributed by atoms with Crippen LogP contribution in [0.1, 0.15) is 11.1 Å². The monoisotopic (exact) mass is 233 g/mol. The summed E-state index contributed by atoms with van der Waals surface area (Å²) in [5, 5.41) is 21.7. The third kappa shape index (κ3) is 4.43. The second-order valence-electron chi connectivity index (χ2n) is 4.44. The van der Waals surface area contributed by atoms with Crippen molar-refractivity contribution in [3.63, 3.8) is 0 Å². The van der Waals surface area contributed by atoms with E-state index in [1.54, 1.807) is 12.1 Å². The highest BCUT2D eigenvalue weighted by Gasteiger charge is 2.06. The van der Waals surface area contributed by atoms with Crippen molar-refractivity contribution in [3.8, 4) is 6.07 Å². The van der Waals surface area contributed by atoms with Crippen LogP contribution in [0, 0.1) is 18.3 Å². The van der Waals surface area contributed by atoms with Crippen LogP contribution in [0.3, 0.4) is 0 Å². The van der Waals surface area contributed by atoms with Gasteiger partial charge in [0.05, 0.1) is 17.7 Å². The summed E-state index contributed by atoms with van der Waals surface area (Å²) in [6, 6.07) is 7.60. The summed E-state index contributed by atoms with van der Waals surface area (Å²) >= 11 is 0. The molecular formula is C13H19N3O. The molecule has 1 aromatic carbocycles. The zero-order chi connectivity index (χ0) is 12.8. The van der Waals surface area contributed by atoms with Crippen LogP contribution in [0.4, 0.5) is 5.69 Å². The number of likely N-dealkylation sites (N-methyl/N-ethyl adjacent to an activating group) is 1. The molecule has 0 amide bonds. The molecule has 0 aliphatic heterocycles. The van der Waals surface area contributed by atoms with E-state index < -0.39 is 6.10 Å². The maximum absolute atomic E-state index is 9.73. The number of hydrogen-bond acceptors (Lipinski definition) is 4. The maximum atomic E-state index is 9.73. The number of aliphatic hydroxyl groups is 1. The molecule has 0 bridgehead atoms. The molecule has 0 radical (unpaired) electrons. The third-order valence-corrected chi connectivity index (χ3v) is 2.47.